The van der Waals surface area contributed by atoms with Crippen molar-refractivity contribution in [1.29, 1.82) is 0 Å². The van der Waals surface area contributed by atoms with Crippen LogP contribution in [0.1, 0.15) is 122 Å². The molecule has 18 atom stereocenters. The van der Waals surface area contributed by atoms with Crippen molar-refractivity contribution < 1.29 is 106 Å². The Kier molecular flexibility index (Phi) is 39.6. The maximum Gasteiger partial charge on any atom is 0.409 e. The van der Waals surface area contributed by atoms with E-state index in [1.807, 2.05) is 13.0 Å². The summed E-state index contributed by atoms with van der Waals surface area (Å²) in [7, 11) is 10.1. The average Bonchev–Trinajstić information content (AvgIpc) is 1.57. The molecule has 1 aromatic heterocycles. The van der Waals surface area contributed by atoms with E-state index in [0.29, 0.717) is 52.5 Å². The van der Waals surface area contributed by atoms with E-state index in [9.17, 15) is 68.4 Å². The number of aliphatic hydroxyl groups excluding tert-OH is 2. The third-order valence-electron chi connectivity index (χ3n) is 23.2. The second-order valence-electron chi connectivity index (χ2n) is 33.2. The van der Waals surface area contributed by atoms with Gasteiger partial charge in [-0.15, -0.1) is 0 Å². The molecule has 36 nitrogen and oxygen atoms in total. The summed E-state index contributed by atoms with van der Waals surface area (Å²) < 4.78 is 29.7. The Labute approximate surface area is 781 Å². The van der Waals surface area contributed by atoms with Crippen LogP contribution in [-0.2, 0) is 102 Å². The molecule has 0 aliphatic carbocycles. The summed E-state index contributed by atoms with van der Waals surface area (Å²) in [4.78, 5) is 194. The second-order valence-corrected chi connectivity index (χ2v) is 38.8. The Bertz CT molecular complexity index is 4900. The van der Waals surface area contributed by atoms with Crippen LogP contribution in [0.5, 0.6) is 11.5 Å². The van der Waals surface area contributed by atoms with Crippen LogP contribution in [0.15, 0.2) is 121 Å². The molecule has 714 valence electrons. The predicted octanol–water partition coefficient (Wildman–Crippen LogP) is 4.28. The molecule has 4 aromatic carbocycles. The van der Waals surface area contributed by atoms with E-state index >= 15 is 14.4 Å². The Balaban J connectivity index is 0.890. The molecule has 131 heavy (non-hydrogen) atoms. The van der Waals surface area contributed by atoms with Gasteiger partial charge in [0.1, 0.15) is 94.8 Å². The number of benzene rings is 4. The number of para-hydroxylation sites is 1. The summed E-state index contributed by atoms with van der Waals surface area (Å²) in [5.74, 6) is -10.7. The minimum Gasteiger partial charge on any atom is -0.508 e. The van der Waals surface area contributed by atoms with Crippen molar-refractivity contribution >= 4 is 148 Å². The number of hydrogen-bond donors (Lipinski definition) is 16. The lowest BCUT2D eigenvalue weighted by Gasteiger charge is -2.42. The fourth-order valence-electron chi connectivity index (χ4n) is 15.4. The zero-order valence-electron chi connectivity index (χ0n) is 75.1. The van der Waals surface area contributed by atoms with Gasteiger partial charge < -0.3 is 112 Å². The van der Waals surface area contributed by atoms with E-state index in [4.69, 9.17) is 41.0 Å². The van der Waals surface area contributed by atoms with E-state index in [2.05, 4.69) is 58.2 Å². The van der Waals surface area contributed by atoms with Gasteiger partial charge in [-0.05, 0) is 126 Å². The number of nitrogens with one attached hydrogen (secondary N) is 11. The number of epoxide rings is 1. The minimum absolute atomic E-state index is 0.0216. The monoisotopic (exact) mass is 1910 g/mol. The summed E-state index contributed by atoms with van der Waals surface area (Å²) in [5.41, 5.74) is 6.79. The van der Waals surface area contributed by atoms with Gasteiger partial charge in [0.2, 0.25) is 65.0 Å². The molecule has 41 heteroatoms. The molecule has 3 saturated heterocycles. The average molecular weight is 1910 g/mol. The molecule has 4 aliphatic rings. The molecule has 3 fully saturated rings. The first-order chi connectivity index (χ1) is 62.4. The summed E-state index contributed by atoms with van der Waals surface area (Å²) in [6.07, 6.45) is -1.33. The van der Waals surface area contributed by atoms with Crippen LogP contribution in [0.2, 0.25) is 5.02 Å². The number of amides is 12. The number of phenols is 1. The third-order valence-corrected chi connectivity index (χ3v) is 28.4. The number of aliphatic hydroxyl groups is 3. The number of nitrogens with two attached hydrogens (primary N) is 1. The number of likely N-dealkylation sites (N-methyl/N-ethyl adjacent to an activating group) is 1. The first kappa shape index (κ1) is 105. The van der Waals surface area contributed by atoms with Crippen LogP contribution < -0.4 is 68.5 Å². The molecule has 0 spiro atoms. The number of carbonyl (C=O) groups is 13. The first-order valence-corrected chi connectivity index (χ1v) is 48.7. The lowest BCUT2D eigenvalue weighted by Crippen LogP contribution is -2.63. The number of fused-ring (bicyclic) bond motifs is 6. The Morgan fingerprint density at radius 3 is 2.16 bits per heavy atom. The zero-order valence-corrected chi connectivity index (χ0v) is 79.1. The predicted molar refractivity (Wildman–Crippen MR) is 499 cm³/mol. The van der Waals surface area contributed by atoms with Crippen molar-refractivity contribution in [3.8, 4) is 11.5 Å². The van der Waals surface area contributed by atoms with Gasteiger partial charge >= 0.3 is 12.1 Å². The van der Waals surface area contributed by atoms with Crippen LogP contribution in [0.25, 0.3) is 10.9 Å². The summed E-state index contributed by atoms with van der Waals surface area (Å²) >= 11 is 6.89. The molecule has 5 heterocycles. The number of rotatable bonds is 32. The quantitative estimate of drug-likeness (QED) is 0.0124. The fraction of sp³-hybridized carbons (Fsp3) is 0.522. The number of hydrogen-bond acceptors (Lipinski definition) is 27. The Morgan fingerprint density at radius 2 is 1.47 bits per heavy atom. The highest BCUT2D eigenvalue weighted by molar-refractivity contribution is 8.77. The zero-order chi connectivity index (χ0) is 95.6. The van der Waals surface area contributed by atoms with Gasteiger partial charge in [-0.3, -0.25) is 58.1 Å². The third kappa shape index (κ3) is 29.4. The van der Waals surface area contributed by atoms with Gasteiger partial charge in [-0.25, -0.2) is 9.59 Å². The summed E-state index contributed by atoms with van der Waals surface area (Å²) in [6, 6.07) is 11.4. The number of ether oxygens (including phenoxy) is 5. The first-order valence-electron chi connectivity index (χ1n) is 43.4. The van der Waals surface area contributed by atoms with Gasteiger partial charge in [-0.2, -0.15) is 0 Å². The van der Waals surface area contributed by atoms with Gasteiger partial charge in [0, 0.05) is 112 Å². The number of esters is 1. The normalized spacial score (nSPS) is 25.6. The number of allylic oxidation sites excluding steroid dienone is 3. The number of halogens is 1. The highest BCUT2D eigenvalue weighted by atomic mass is 35.5. The lowest BCUT2D eigenvalue weighted by atomic mass is 9.83. The molecule has 17 N–H and O–H groups in total. The number of nitrogens with zero attached hydrogens (tertiary/aromatic N) is 2. The maximum atomic E-state index is 15.2. The smallest absolute Gasteiger partial charge is 0.409 e. The van der Waals surface area contributed by atoms with Crippen molar-refractivity contribution in [3.05, 3.63) is 148 Å². The van der Waals surface area contributed by atoms with E-state index in [1.165, 1.54) is 105 Å². The van der Waals surface area contributed by atoms with E-state index in [1.54, 1.807) is 106 Å². The standard InChI is InChI=1S/C90H121ClN14O22S4/c1-12-21-72(109)95-62(39-54-23-14-13-15-24-54)80(113)99-65-47-130-131-48-66(100-86(119)77(53(6)107)102-79(112)61(27-18-19-34-92)96-82(115)64(43-57-46-94-60-26-17-16-25-59(57)60)98-81(114)63(97-83(65)116)40-55-29-31-58(108)32-30-55)84(117)101-76(52(5)106)85(118)93-35-37-129-128-36-33-73(110)104(8)51(4)87(120)126-71-44-74(111)105(9)67-41-56(42-68(123-10)75(67)91)38-49(2)22-20-28-70(124-11)90(122)45-69(125-88(121)103-90)50(3)78-89(71,7)127-78/h13-17,20,22-26,28-32,41-42,46,50-53,61-66,69-71,76-78,94,106-108,122H,12,18-19,21,27,33-40,43-45,47-48,92H2,1-11H3,(H,93,118)(H,95,109)(H,96,115)(H,97,116)(H,98,114)(H,99,113)(H,100,119)(H,101,117)(H,102,112)(H,103,121)/b28-20+,49-22+/t50-,51+,52-,53-,61+,62-,63+,64-,65+,66+,69+,70-,71+,76+,77+,78+,89+,90+/m1/s1. The SMILES string of the molecule is CCCC(=O)N[C@H](Cc1ccccc1)C(=O)N[C@H]1CSSC[C@@H](C(=O)N[C@H](C(=O)NCCSSCCC(=O)N(C)[C@@H](C)C(=O)O[C@H]2CC(=O)N(C)c3cc(cc(OC)c3Cl)C/C(C)=C/C=C/[C@@H](OC)[C@@]3(O)C[C@H](OC(=O)N3)[C@@H](C)[C@@H]3O[C@@]23C)[C@@H](C)O)NC(=O)[C@H]([C@@H](C)O)NC(=O)[C@H](CCCCN)NC(=O)[C@@H](Cc2c[nH]c3ccccc23)NC(=O)[C@H](Cc2ccc(O)cc2)NC1=O. The molecule has 4 bridgehead atoms. The molecule has 5 aromatic rings. The van der Waals surface area contributed by atoms with Crippen molar-refractivity contribution in [1.82, 2.24) is 63.1 Å². The molecule has 0 radical (unpaired) electrons. The fourth-order valence-corrected chi connectivity index (χ4v) is 19.9. The van der Waals surface area contributed by atoms with Crippen molar-refractivity contribution in [3.63, 3.8) is 0 Å². The molecule has 0 saturated carbocycles. The van der Waals surface area contributed by atoms with Crippen LogP contribution in [-0.4, -0.2) is 274 Å². The minimum atomic E-state index is -1.94. The number of alkyl carbamates (subject to hydrolysis) is 1. The van der Waals surface area contributed by atoms with Crippen LogP contribution in [0.3, 0.4) is 0 Å². The summed E-state index contributed by atoms with van der Waals surface area (Å²) in [6.45, 7) is 11.1. The van der Waals surface area contributed by atoms with Crippen molar-refractivity contribution in [2.75, 3.05) is 69.3 Å². The number of aromatic amines is 1. The highest BCUT2D eigenvalue weighted by Gasteiger charge is 2.65. The highest BCUT2D eigenvalue weighted by Crippen LogP contribution is 2.50. The molecular formula is C90H121ClN14O22S4. The number of H-pyrrole nitrogens is 1. The van der Waals surface area contributed by atoms with Gasteiger partial charge in [0.05, 0.1) is 37.5 Å². The van der Waals surface area contributed by atoms with Gasteiger partial charge in [0.25, 0.3) is 0 Å². The molecule has 9 rings (SSSR count). The van der Waals surface area contributed by atoms with Gasteiger partial charge in [0.15, 0.2) is 5.72 Å². The lowest BCUT2D eigenvalue weighted by molar-refractivity contribution is -0.162. The van der Waals surface area contributed by atoms with E-state index in [0.717, 1.165) is 32.7 Å². The van der Waals surface area contributed by atoms with Crippen molar-refractivity contribution in [2.24, 2.45) is 11.7 Å². The number of carbonyl (C=O) groups excluding carboxylic acids is 13. The van der Waals surface area contributed by atoms with Crippen LogP contribution >= 0.6 is 54.8 Å². The number of unbranched alkanes of at least 4 members (excludes halogenated alkanes) is 1. The second kappa shape index (κ2) is 49.6. The van der Waals surface area contributed by atoms with E-state index in [-0.39, 0.29) is 98.2 Å². The topological polar surface area (TPSA) is 521 Å². The number of anilines is 1. The number of aromatic hydroxyl groups is 1. The van der Waals surface area contributed by atoms with Crippen molar-refractivity contribution in [2.45, 2.75) is 228 Å². The van der Waals surface area contributed by atoms with E-state index < -0.39 is 197 Å². The van der Waals surface area contributed by atoms with Gasteiger partial charge in [-0.1, -0.05) is 153 Å². The molecule has 0 unspecified atom stereocenters. The number of aromatic nitrogens is 1. The summed E-state index contributed by atoms with van der Waals surface area (Å²) in [5, 5.41) is 72.4. The number of phenolic OH excluding ortho intramolecular Hbond substituents is 1. The Hall–Kier alpha value is -10.1. The van der Waals surface area contributed by atoms with Crippen LogP contribution in [0, 0.1) is 5.92 Å². The van der Waals surface area contributed by atoms with Crippen LogP contribution in [0.4, 0.5) is 10.5 Å². The molecular weight excluding hydrogens is 1790 g/mol. The Morgan fingerprint density at radius 1 is 0.802 bits per heavy atom. The number of methoxy groups -OCH3 is 2. The molecule has 12 amide bonds. The largest absolute Gasteiger partial charge is 0.508 e. The molecule has 4 aliphatic heterocycles. The maximum absolute atomic E-state index is 15.2.